The van der Waals surface area contributed by atoms with Crippen LogP contribution in [-0.2, 0) is 20.7 Å². The number of carboxylic acid groups (broad SMARTS) is 1. The molecule has 2 fully saturated rings. The number of likely N-dealkylation sites (tertiary alicyclic amines) is 1. The topological polar surface area (TPSA) is 85.3 Å². The Morgan fingerprint density at radius 1 is 1.35 bits per heavy atom. The van der Waals surface area contributed by atoms with Crippen LogP contribution in [0, 0.1) is 11.8 Å². The number of fused-ring (bicyclic) bond motifs is 1. The maximum atomic E-state index is 12.8. The quantitative estimate of drug-likeness (QED) is 0.766. The zero-order valence-electron chi connectivity index (χ0n) is 14.7. The zero-order chi connectivity index (χ0) is 18.5. The third kappa shape index (κ3) is 2.38. The van der Waals surface area contributed by atoms with E-state index in [1.807, 2.05) is 24.3 Å². The van der Waals surface area contributed by atoms with Crippen molar-refractivity contribution >= 4 is 11.9 Å². The summed E-state index contributed by atoms with van der Waals surface area (Å²) >= 11 is 0. The minimum Gasteiger partial charge on any atom is -0.493 e. The Morgan fingerprint density at radius 2 is 2.12 bits per heavy atom. The first-order valence-electron chi connectivity index (χ1n) is 8.59. The van der Waals surface area contributed by atoms with Gasteiger partial charge in [-0.15, -0.1) is 0 Å². The van der Waals surface area contributed by atoms with E-state index in [2.05, 4.69) is 0 Å². The number of hydrogen-bond acceptors (Lipinski definition) is 5. The molecule has 4 rings (SSSR count). The minimum atomic E-state index is -0.971. The largest absolute Gasteiger partial charge is 0.493 e. The van der Waals surface area contributed by atoms with Crippen molar-refractivity contribution in [1.82, 2.24) is 4.90 Å². The molecule has 1 aromatic rings. The number of carbonyl (C=O) groups is 2. The van der Waals surface area contributed by atoms with Crippen molar-refractivity contribution in [2.45, 2.75) is 18.1 Å². The standard InChI is InChI=1S/C19H21NO6/c1-24-12-4-3-11(9-14(12)25-2)6-8-20-10-19-7-5-13(26-19)15(18(22)23)16(19)17(20)21/h3-5,7,9,13,15-16H,6,8,10H2,1-2H3,(H,22,23)/t13-,15-,16+,19-/m0/s1. The van der Waals surface area contributed by atoms with Gasteiger partial charge in [-0.2, -0.15) is 0 Å². The van der Waals surface area contributed by atoms with Gasteiger partial charge in [0.05, 0.1) is 32.8 Å². The molecule has 0 radical (unpaired) electrons. The molecule has 0 aliphatic carbocycles. The van der Waals surface area contributed by atoms with Gasteiger partial charge in [0.15, 0.2) is 11.5 Å². The van der Waals surface area contributed by atoms with Crippen molar-refractivity contribution in [2.24, 2.45) is 11.8 Å². The highest BCUT2D eigenvalue weighted by Crippen LogP contribution is 2.51. The van der Waals surface area contributed by atoms with E-state index in [1.54, 1.807) is 25.2 Å². The highest BCUT2D eigenvalue weighted by Gasteiger charge is 2.66. The van der Waals surface area contributed by atoms with Gasteiger partial charge in [0, 0.05) is 6.54 Å². The van der Waals surface area contributed by atoms with Crippen LogP contribution < -0.4 is 9.47 Å². The molecule has 0 saturated carbocycles. The molecule has 2 bridgehead atoms. The number of carboxylic acids is 1. The number of carbonyl (C=O) groups excluding carboxylic acids is 1. The first-order valence-corrected chi connectivity index (χ1v) is 8.59. The Morgan fingerprint density at radius 3 is 2.81 bits per heavy atom. The number of aliphatic carboxylic acids is 1. The highest BCUT2D eigenvalue weighted by molar-refractivity contribution is 5.90. The molecule has 4 atom stereocenters. The van der Waals surface area contributed by atoms with Gasteiger partial charge < -0.3 is 24.2 Å². The lowest BCUT2D eigenvalue weighted by atomic mass is 9.77. The molecular formula is C19H21NO6. The third-order valence-corrected chi connectivity index (χ3v) is 5.58. The molecule has 1 N–H and O–H groups in total. The summed E-state index contributed by atoms with van der Waals surface area (Å²) in [5, 5.41) is 9.49. The summed E-state index contributed by atoms with van der Waals surface area (Å²) in [6, 6.07) is 5.66. The van der Waals surface area contributed by atoms with E-state index in [1.165, 1.54) is 0 Å². The number of hydrogen-bond donors (Lipinski definition) is 1. The van der Waals surface area contributed by atoms with Gasteiger partial charge in [0.1, 0.15) is 11.5 Å². The van der Waals surface area contributed by atoms with Crippen molar-refractivity contribution in [1.29, 1.82) is 0 Å². The lowest BCUT2D eigenvalue weighted by Crippen LogP contribution is -2.39. The molecule has 138 valence electrons. The van der Waals surface area contributed by atoms with Crippen LogP contribution in [0.4, 0.5) is 0 Å². The second-order valence-electron chi connectivity index (χ2n) is 6.94. The number of methoxy groups -OCH3 is 2. The van der Waals surface area contributed by atoms with Gasteiger partial charge in [-0.3, -0.25) is 9.59 Å². The van der Waals surface area contributed by atoms with Crippen LogP contribution in [0.15, 0.2) is 30.4 Å². The van der Waals surface area contributed by atoms with E-state index >= 15 is 0 Å². The van der Waals surface area contributed by atoms with Crippen LogP contribution >= 0.6 is 0 Å². The SMILES string of the molecule is COc1ccc(CCN2C[C@]34C=C[C@H](O3)[C@H](C(=O)O)[C@@H]4C2=O)cc1OC. The molecule has 1 spiro atoms. The first-order chi connectivity index (χ1) is 12.5. The van der Waals surface area contributed by atoms with Crippen LogP contribution in [0.2, 0.25) is 0 Å². The van der Waals surface area contributed by atoms with E-state index in [9.17, 15) is 14.7 Å². The Labute approximate surface area is 151 Å². The van der Waals surface area contributed by atoms with Crippen molar-refractivity contribution in [3.05, 3.63) is 35.9 Å². The fourth-order valence-electron chi connectivity index (χ4n) is 4.35. The molecule has 3 aliphatic heterocycles. The third-order valence-electron chi connectivity index (χ3n) is 5.58. The van der Waals surface area contributed by atoms with Gasteiger partial charge >= 0.3 is 5.97 Å². The number of nitrogens with zero attached hydrogens (tertiary/aromatic N) is 1. The molecule has 1 aromatic carbocycles. The van der Waals surface area contributed by atoms with Crippen molar-refractivity contribution in [3.8, 4) is 11.5 Å². The van der Waals surface area contributed by atoms with Gasteiger partial charge in [-0.1, -0.05) is 18.2 Å². The number of rotatable bonds is 6. The van der Waals surface area contributed by atoms with Crippen molar-refractivity contribution in [2.75, 3.05) is 27.3 Å². The number of amides is 1. The highest BCUT2D eigenvalue weighted by atomic mass is 16.5. The molecule has 7 nitrogen and oxygen atoms in total. The summed E-state index contributed by atoms with van der Waals surface area (Å²) in [5.74, 6) is -1.23. The van der Waals surface area contributed by atoms with E-state index in [-0.39, 0.29) is 5.91 Å². The van der Waals surface area contributed by atoms with Crippen LogP contribution in [0.25, 0.3) is 0 Å². The second kappa shape index (κ2) is 6.02. The van der Waals surface area contributed by atoms with Crippen LogP contribution in [0.1, 0.15) is 5.56 Å². The summed E-state index contributed by atoms with van der Waals surface area (Å²) in [6.07, 6.45) is 3.80. The molecule has 0 aromatic heterocycles. The number of ether oxygens (including phenoxy) is 3. The van der Waals surface area contributed by atoms with Crippen LogP contribution in [0.3, 0.4) is 0 Å². The van der Waals surface area contributed by atoms with Gasteiger partial charge in [-0.05, 0) is 24.1 Å². The van der Waals surface area contributed by atoms with Gasteiger partial charge in [0.2, 0.25) is 5.91 Å². The average Bonchev–Trinajstić information content (AvgIpc) is 3.27. The Kier molecular flexibility index (Phi) is 3.91. The fraction of sp³-hybridized carbons (Fsp3) is 0.474. The maximum Gasteiger partial charge on any atom is 0.310 e. The zero-order valence-corrected chi connectivity index (χ0v) is 14.7. The molecule has 1 amide bonds. The summed E-state index contributed by atoms with van der Waals surface area (Å²) in [4.78, 5) is 26.1. The summed E-state index contributed by atoms with van der Waals surface area (Å²) in [5.41, 5.74) is 0.239. The molecule has 3 aliphatic rings. The summed E-state index contributed by atoms with van der Waals surface area (Å²) in [6.45, 7) is 0.904. The average molecular weight is 359 g/mol. The van der Waals surface area contributed by atoms with Gasteiger partial charge in [0.25, 0.3) is 0 Å². The van der Waals surface area contributed by atoms with Gasteiger partial charge in [-0.25, -0.2) is 0 Å². The van der Waals surface area contributed by atoms with E-state index in [0.717, 1.165) is 5.56 Å². The fourth-order valence-corrected chi connectivity index (χ4v) is 4.35. The number of benzene rings is 1. The van der Waals surface area contributed by atoms with E-state index in [4.69, 9.17) is 14.2 Å². The Bertz CT molecular complexity index is 790. The molecule has 26 heavy (non-hydrogen) atoms. The minimum absolute atomic E-state index is 0.135. The molecule has 2 saturated heterocycles. The van der Waals surface area contributed by atoms with Crippen LogP contribution in [-0.4, -0.2) is 60.9 Å². The predicted molar refractivity (Wildman–Crippen MR) is 91.2 cm³/mol. The Balaban J connectivity index is 1.48. The van der Waals surface area contributed by atoms with Crippen molar-refractivity contribution < 1.29 is 28.9 Å². The smallest absolute Gasteiger partial charge is 0.310 e. The lowest BCUT2D eigenvalue weighted by molar-refractivity contribution is -0.148. The van der Waals surface area contributed by atoms with Crippen LogP contribution in [0.5, 0.6) is 11.5 Å². The maximum absolute atomic E-state index is 12.8. The normalized spacial score (nSPS) is 31.4. The molecular weight excluding hydrogens is 338 g/mol. The predicted octanol–water partition coefficient (Wildman–Crippen LogP) is 1.11. The molecule has 3 heterocycles. The summed E-state index contributed by atoms with van der Waals surface area (Å²) in [7, 11) is 3.16. The summed E-state index contributed by atoms with van der Waals surface area (Å²) < 4.78 is 16.4. The monoisotopic (exact) mass is 359 g/mol. The van der Waals surface area contributed by atoms with E-state index in [0.29, 0.717) is 31.0 Å². The molecule has 0 unspecified atom stereocenters. The second-order valence-corrected chi connectivity index (χ2v) is 6.94. The van der Waals surface area contributed by atoms with E-state index < -0.39 is 29.5 Å². The Hall–Kier alpha value is -2.54. The first kappa shape index (κ1) is 16.9. The molecule has 7 heteroatoms. The van der Waals surface area contributed by atoms with Crippen molar-refractivity contribution in [3.63, 3.8) is 0 Å². The lowest BCUT2D eigenvalue weighted by Gasteiger charge is -2.21.